The van der Waals surface area contributed by atoms with Gasteiger partial charge in [-0.3, -0.25) is 14.2 Å². The van der Waals surface area contributed by atoms with Crippen LogP contribution in [-0.2, 0) is 17.0 Å². The lowest BCUT2D eigenvalue weighted by atomic mass is 10.1. The normalized spacial score (nSPS) is 15.3. The van der Waals surface area contributed by atoms with Crippen LogP contribution >= 0.6 is 11.8 Å². The van der Waals surface area contributed by atoms with Crippen molar-refractivity contribution in [3.63, 3.8) is 0 Å². The Balaban J connectivity index is 1.37. The van der Waals surface area contributed by atoms with E-state index in [0.717, 1.165) is 25.0 Å². The lowest BCUT2D eigenvalue weighted by molar-refractivity contribution is 0.0858. The van der Waals surface area contributed by atoms with E-state index in [9.17, 15) is 14.0 Å². The van der Waals surface area contributed by atoms with Crippen molar-refractivity contribution in [3.8, 4) is 0 Å². The van der Waals surface area contributed by atoms with Crippen molar-refractivity contribution in [1.29, 1.82) is 0 Å². The first-order valence-electron chi connectivity index (χ1n) is 11.9. The number of benzene rings is 3. The van der Waals surface area contributed by atoms with Crippen molar-refractivity contribution in [1.82, 2.24) is 14.9 Å². The van der Waals surface area contributed by atoms with Crippen LogP contribution in [0.5, 0.6) is 0 Å². The van der Waals surface area contributed by atoms with Crippen LogP contribution in [0, 0.1) is 5.82 Å². The zero-order chi connectivity index (χ0) is 24.9. The Kier molecular flexibility index (Phi) is 7.44. The van der Waals surface area contributed by atoms with E-state index >= 15 is 0 Å². The number of amides is 1. The van der Waals surface area contributed by atoms with Gasteiger partial charge in [-0.15, -0.1) is 0 Å². The summed E-state index contributed by atoms with van der Waals surface area (Å²) in [6.45, 7) is 1.54. The fraction of sp³-hybridized carbons (Fsp3) is 0.250. The third kappa shape index (κ3) is 5.50. The van der Waals surface area contributed by atoms with Crippen molar-refractivity contribution in [3.05, 3.63) is 106 Å². The number of thioether (sulfide) groups is 1. The summed E-state index contributed by atoms with van der Waals surface area (Å²) in [5, 5.41) is 3.96. The van der Waals surface area contributed by atoms with Gasteiger partial charge in [-0.05, 0) is 54.3 Å². The molecule has 1 amide bonds. The lowest BCUT2D eigenvalue weighted by Gasteiger charge is -2.14. The molecule has 1 atom stereocenters. The Hall–Kier alpha value is -3.49. The molecule has 36 heavy (non-hydrogen) atoms. The summed E-state index contributed by atoms with van der Waals surface area (Å²) >= 11 is 1.33. The molecule has 184 valence electrons. The number of para-hydroxylation sites is 1. The van der Waals surface area contributed by atoms with Gasteiger partial charge in [-0.1, -0.05) is 54.2 Å². The number of aromatic nitrogens is 2. The van der Waals surface area contributed by atoms with Crippen LogP contribution in [-0.4, -0.2) is 34.7 Å². The topological polar surface area (TPSA) is 73.2 Å². The van der Waals surface area contributed by atoms with Gasteiger partial charge >= 0.3 is 0 Å². The molecule has 3 aromatic carbocycles. The van der Waals surface area contributed by atoms with E-state index in [-0.39, 0.29) is 29.9 Å². The zero-order valence-electron chi connectivity index (χ0n) is 19.7. The van der Waals surface area contributed by atoms with Gasteiger partial charge in [0, 0.05) is 24.5 Å². The molecule has 2 heterocycles. The fourth-order valence-corrected chi connectivity index (χ4v) is 5.20. The van der Waals surface area contributed by atoms with Gasteiger partial charge < -0.3 is 10.1 Å². The third-order valence-corrected chi connectivity index (χ3v) is 7.24. The molecule has 1 aromatic heterocycles. The first-order chi connectivity index (χ1) is 17.6. The number of rotatable bonds is 8. The average Bonchev–Trinajstić information content (AvgIpc) is 3.43. The Labute approximate surface area is 212 Å². The molecule has 1 fully saturated rings. The highest BCUT2D eigenvalue weighted by Crippen LogP contribution is 2.24. The smallest absolute Gasteiger partial charge is 0.262 e. The molecule has 5 rings (SSSR count). The van der Waals surface area contributed by atoms with Crippen molar-refractivity contribution in [2.45, 2.75) is 36.4 Å². The van der Waals surface area contributed by atoms with Gasteiger partial charge in [0.1, 0.15) is 5.82 Å². The van der Waals surface area contributed by atoms with Crippen molar-refractivity contribution < 1.29 is 13.9 Å². The maximum atomic E-state index is 14.2. The van der Waals surface area contributed by atoms with Crippen LogP contribution in [0.1, 0.15) is 34.3 Å². The molecule has 6 nitrogen and oxygen atoms in total. The van der Waals surface area contributed by atoms with E-state index in [1.165, 1.54) is 17.8 Å². The summed E-state index contributed by atoms with van der Waals surface area (Å²) < 4.78 is 21.3. The summed E-state index contributed by atoms with van der Waals surface area (Å²) in [7, 11) is 0. The summed E-state index contributed by atoms with van der Waals surface area (Å²) in [5.41, 5.74) is 2.41. The van der Waals surface area contributed by atoms with Crippen LogP contribution < -0.4 is 10.9 Å². The van der Waals surface area contributed by atoms with Gasteiger partial charge in [0.05, 0.1) is 23.6 Å². The Morgan fingerprint density at radius 3 is 2.64 bits per heavy atom. The lowest BCUT2D eigenvalue weighted by Crippen LogP contribution is -2.31. The predicted molar refractivity (Wildman–Crippen MR) is 139 cm³/mol. The van der Waals surface area contributed by atoms with Gasteiger partial charge in [-0.25, -0.2) is 9.37 Å². The second kappa shape index (κ2) is 11.1. The highest BCUT2D eigenvalue weighted by Gasteiger charge is 2.17. The van der Waals surface area contributed by atoms with E-state index < -0.39 is 0 Å². The number of carbonyl (C=O) groups is 1. The maximum absolute atomic E-state index is 14.2. The molecule has 1 aliphatic rings. The molecule has 0 bridgehead atoms. The second-order valence-corrected chi connectivity index (χ2v) is 9.67. The van der Waals surface area contributed by atoms with Crippen LogP contribution in [0.3, 0.4) is 0 Å². The van der Waals surface area contributed by atoms with Crippen LogP contribution in [0.15, 0.2) is 82.7 Å². The van der Waals surface area contributed by atoms with E-state index in [1.807, 2.05) is 24.3 Å². The molecule has 1 N–H and O–H groups in total. The van der Waals surface area contributed by atoms with Gasteiger partial charge in [0.15, 0.2) is 5.16 Å². The monoisotopic (exact) mass is 503 g/mol. The SMILES string of the molecule is O=C(NCC1CCCO1)c1ccc(Cn2c(SCc3ccccc3F)nc3ccccc3c2=O)cc1. The first kappa shape index (κ1) is 24.2. The van der Waals surface area contributed by atoms with E-state index in [1.54, 1.807) is 47.0 Å². The van der Waals surface area contributed by atoms with Gasteiger partial charge in [0.25, 0.3) is 11.5 Å². The Morgan fingerprint density at radius 2 is 1.86 bits per heavy atom. The molecule has 0 spiro atoms. The van der Waals surface area contributed by atoms with Crippen molar-refractivity contribution in [2.24, 2.45) is 0 Å². The number of hydrogen-bond donors (Lipinski definition) is 1. The number of ether oxygens (including phenoxy) is 1. The summed E-state index contributed by atoms with van der Waals surface area (Å²) in [6.07, 6.45) is 2.07. The number of hydrogen-bond acceptors (Lipinski definition) is 5. The molecule has 0 saturated carbocycles. The quantitative estimate of drug-likeness (QED) is 0.277. The minimum Gasteiger partial charge on any atom is -0.376 e. The van der Waals surface area contributed by atoms with E-state index in [2.05, 4.69) is 5.32 Å². The zero-order valence-corrected chi connectivity index (χ0v) is 20.5. The van der Waals surface area contributed by atoms with Crippen molar-refractivity contribution >= 4 is 28.6 Å². The first-order valence-corrected chi connectivity index (χ1v) is 12.9. The molecule has 1 aliphatic heterocycles. The van der Waals surface area contributed by atoms with E-state index in [0.29, 0.717) is 39.5 Å². The number of halogens is 1. The molecule has 8 heteroatoms. The van der Waals surface area contributed by atoms with Crippen LogP contribution in [0.25, 0.3) is 10.9 Å². The highest BCUT2D eigenvalue weighted by molar-refractivity contribution is 7.98. The average molecular weight is 504 g/mol. The van der Waals surface area contributed by atoms with E-state index in [4.69, 9.17) is 9.72 Å². The van der Waals surface area contributed by atoms with Crippen LogP contribution in [0.4, 0.5) is 4.39 Å². The Bertz CT molecular complexity index is 1430. The van der Waals surface area contributed by atoms with Gasteiger partial charge in [0.2, 0.25) is 0 Å². The largest absolute Gasteiger partial charge is 0.376 e. The molecule has 1 unspecified atom stereocenters. The minimum atomic E-state index is -0.284. The molecule has 4 aromatic rings. The third-order valence-electron chi connectivity index (χ3n) is 6.21. The molecule has 1 saturated heterocycles. The minimum absolute atomic E-state index is 0.0841. The summed E-state index contributed by atoms with van der Waals surface area (Å²) in [5.74, 6) is -0.0860. The number of nitrogens with one attached hydrogen (secondary N) is 1. The predicted octanol–water partition coefficient (Wildman–Crippen LogP) is 4.79. The van der Waals surface area contributed by atoms with Crippen LogP contribution in [0.2, 0.25) is 0 Å². The number of fused-ring (bicyclic) bond motifs is 1. The molecule has 0 radical (unpaired) electrons. The highest BCUT2D eigenvalue weighted by atomic mass is 32.2. The fourth-order valence-electron chi connectivity index (χ4n) is 4.21. The second-order valence-electron chi connectivity index (χ2n) is 8.72. The Morgan fingerprint density at radius 1 is 1.08 bits per heavy atom. The number of carbonyl (C=O) groups excluding carboxylic acids is 1. The number of nitrogens with zero attached hydrogens (tertiary/aromatic N) is 2. The molecular weight excluding hydrogens is 477 g/mol. The summed E-state index contributed by atoms with van der Waals surface area (Å²) in [6, 6.07) is 21.0. The van der Waals surface area contributed by atoms with Crippen molar-refractivity contribution in [2.75, 3.05) is 13.2 Å². The summed E-state index contributed by atoms with van der Waals surface area (Å²) in [4.78, 5) is 30.6. The maximum Gasteiger partial charge on any atom is 0.262 e. The van der Waals surface area contributed by atoms with Gasteiger partial charge in [-0.2, -0.15) is 0 Å². The molecular formula is C28H26FN3O3S. The molecule has 0 aliphatic carbocycles. The standard InChI is InChI=1S/C28H26FN3O3S/c29-24-9-3-1-6-21(24)18-36-28-31-25-10-4-2-8-23(25)27(34)32(28)17-19-11-13-20(14-12-19)26(33)30-16-22-7-5-15-35-22/h1-4,6,8-14,22H,5,7,15-18H2,(H,30,33).